The lowest BCUT2D eigenvalue weighted by Gasteiger charge is -2.21. The van der Waals surface area contributed by atoms with Crippen LogP contribution >= 0.6 is 0 Å². The van der Waals surface area contributed by atoms with Crippen molar-refractivity contribution in [3.8, 4) is 5.75 Å². The molecule has 166 valence electrons. The molecule has 1 fully saturated rings. The summed E-state index contributed by atoms with van der Waals surface area (Å²) < 4.78 is 29.4. The summed E-state index contributed by atoms with van der Waals surface area (Å²) >= 11 is 0. The minimum absolute atomic E-state index is 0.138. The number of urea groups is 1. The molecule has 2 N–H and O–H groups in total. The second-order valence-electron chi connectivity index (χ2n) is 7.05. The molecular weight excluding hydrogens is 412 g/mol. The van der Waals surface area contributed by atoms with Crippen molar-refractivity contribution in [2.24, 2.45) is 0 Å². The number of nitro groups is 1. The third-order valence-corrected chi connectivity index (χ3v) is 4.83. The molecule has 9 nitrogen and oxygen atoms in total. The fourth-order valence-electron chi connectivity index (χ4n) is 3.28. The Kier molecular flexibility index (Phi) is 7.52. The number of amides is 2. The van der Waals surface area contributed by atoms with Gasteiger partial charge in [0.2, 0.25) is 0 Å². The van der Waals surface area contributed by atoms with Crippen LogP contribution in [-0.4, -0.2) is 35.6 Å². The first-order chi connectivity index (χ1) is 14.9. The maximum Gasteiger partial charge on any atom is 0.387 e. The summed E-state index contributed by atoms with van der Waals surface area (Å²) in [6, 6.07) is 6.00. The first-order valence-electron chi connectivity index (χ1n) is 9.90. The van der Waals surface area contributed by atoms with E-state index in [2.05, 4.69) is 25.3 Å². The molecule has 0 bridgehead atoms. The molecule has 1 aliphatic heterocycles. The van der Waals surface area contributed by atoms with Crippen LogP contribution in [0.4, 0.5) is 30.8 Å². The van der Waals surface area contributed by atoms with Crippen molar-refractivity contribution >= 4 is 23.2 Å². The van der Waals surface area contributed by atoms with Crippen molar-refractivity contribution in [3.05, 3.63) is 52.2 Å². The van der Waals surface area contributed by atoms with E-state index >= 15 is 0 Å². The average molecular weight is 435 g/mol. The van der Waals surface area contributed by atoms with E-state index in [4.69, 9.17) is 0 Å². The number of nitrogens with zero attached hydrogens (tertiary/aromatic N) is 3. The lowest BCUT2D eigenvalue weighted by atomic mass is 10.2. The second-order valence-corrected chi connectivity index (χ2v) is 7.05. The third-order valence-electron chi connectivity index (χ3n) is 4.83. The Labute approximate surface area is 177 Å². The normalized spacial score (nSPS) is 14.1. The molecular formula is C20H23F2N5O4. The topological polar surface area (TPSA) is 110 Å². The minimum atomic E-state index is -3.14. The predicted molar refractivity (Wildman–Crippen MR) is 111 cm³/mol. The number of benzene rings is 1. The Hall–Kier alpha value is -3.50. The first kappa shape index (κ1) is 22.2. The lowest BCUT2D eigenvalue weighted by Crippen LogP contribution is -2.29. The summed E-state index contributed by atoms with van der Waals surface area (Å²) in [5.74, 6) is 0.514. The SMILES string of the molecule is O=C(NCc1ccc(N2CCCCCC2)nc1)Nc1cc([N+](=O)[O-])ccc1OC(F)F. The van der Waals surface area contributed by atoms with Gasteiger partial charge in [-0.05, 0) is 30.5 Å². The largest absolute Gasteiger partial charge is 0.433 e. The van der Waals surface area contributed by atoms with Gasteiger partial charge in [-0.1, -0.05) is 18.9 Å². The molecule has 2 amide bonds. The number of non-ortho nitro benzene ring substituents is 1. The maximum absolute atomic E-state index is 12.6. The summed E-state index contributed by atoms with van der Waals surface area (Å²) in [4.78, 5) is 29.1. The monoisotopic (exact) mass is 435 g/mol. The van der Waals surface area contributed by atoms with Gasteiger partial charge in [-0.25, -0.2) is 9.78 Å². The van der Waals surface area contributed by atoms with Gasteiger partial charge in [-0.3, -0.25) is 10.1 Å². The van der Waals surface area contributed by atoms with Crippen molar-refractivity contribution in [2.45, 2.75) is 38.8 Å². The number of carbonyl (C=O) groups is 1. The highest BCUT2D eigenvalue weighted by molar-refractivity contribution is 5.91. The van der Waals surface area contributed by atoms with E-state index in [0.29, 0.717) is 0 Å². The highest BCUT2D eigenvalue weighted by Crippen LogP contribution is 2.30. The smallest absolute Gasteiger partial charge is 0.387 e. The highest BCUT2D eigenvalue weighted by atomic mass is 19.3. The number of anilines is 2. The number of alkyl halides is 2. The van der Waals surface area contributed by atoms with Crippen molar-refractivity contribution in [2.75, 3.05) is 23.3 Å². The maximum atomic E-state index is 12.6. The van der Waals surface area contributed by atoms with Crippen LogP contribution in [-0.2, 0) is 6.54 Å². The van der Waals surface area contributed by atoms with E-state index < -0.39 is 17.6 Å². The van der Waals surface area contributed by atoms with Crippen molar-refractivity contribution < 1.29 is 23.2 Å². The number of ether oxygens (including phenoxy) is 1. The zero-order valence-corrected chi connectivity index (χ0v) is 16.7. The third kappa shape index (κ3) is 6.49. The van der Waals surface area contributed by atoms with Crippen molar-refractivity contribution in [3.63, 3.8) is 0 Å². The summed E-state index contributed by atoms with van der Waals surface area (Å²) in [6.07, 6.45) is 6.39. The summed E-state index contributed by atoms with van der Waals surface area (Å²) in [7, 11) is 0. The van der Waals surface area contributed by atoms with E-state index in [9.17, 15) is 23.7 Å². The number of carbonyl (C=O) groups excluding carboxylic acids is 1. The Balaban J connectivity index is 1.59. The van der Waals surface area contributed by atoms with Gasteiger partial charge < -0.3 is 20.3 Å². The van der Waals surface area contributed by atoms with Gasteiger partial charge in [0.1, 0.15) is 11.6 Å². The fraction of sp³-hybridized carbons (Fsp3) is 0.400. The standard InChI is InChI=1S/C20H23F2N5O4/c21-19(22)31-17-7-6-15(27(29)30)11-16(17)25-20(28)24-13-14-5-8-18(23-12-14)26-9-3-1-2-4-10-26/h5-8,11-12,19H,1-4,9-10,13H2,(H2,24,25,28). The zero-order chi connectivity index (χ0) is 22.2. The molecule has 3 rings (SSSR count). The molecule has 0 radical (unpaired) electrons. The molecule has 0 aliphatic carbocycles. The van der Waals surface area contributed by atoms with E-state index in [0.717, 1.165) is 55.5 Å². The van der Waals surface area contributed by atoms with Gasteiger partial charge in [0.25, 0.3) is 5.69 Å². The van der Waals surface area contributed by atoms with E-state index in [1.54, 1.807) is 6.20 Å². The molecule has 0 atom stereocenters. The minimum Gasteiger partial charge on any atom is -0.433 e. The van der Waals surface area contributed by atoms with Gasteiger partial charge in [-0.2, -0.15) is 8.78 Å². The summed E-state index contributed by atoms with van der Waals surface area (Å²) in [6.45, 7) is -1.06. The lowest BCUT2D eigenvalue weighted by molar-refractivity contribution is -0.384. The van der Waals surface area contributed by atoms with Crippen LogP contribution in [0.2, 0.25) is 0 Å². The molecule has 1 aliphatic rings. The molecule has 2 aromatic rings. The van der Waals surface area contributed by atoms with Gasteiger partial charge in [0.05, 0.1) is 10.6 Å². The van der Waals surface area contributed by atoms with Gasteiger partial charge in [-0.15, -0.1) is 0 Å². The van der Waals surface area contributed by atoms with Crippen molar-refractivity contribution in [1.29, 1.82) is 0 Å². The van der Waals surface area contributed by atoms with Gasteiger partial charge in [0.15, 0.2) is 0 Å². The van der Waals surface area contributed by atoms with Crippen molar-refractivity contribution in [1.82, 2.24) is 10.3 Å². The molecule has 0 unspecified atom stereocenters. The van der Waals surface area contributed by atoms with Gasteiger partial charge >= 0.3 is 12.6 Å². The first-order valence-corrected chi connectivity index (χ1v) is 9.90. The molecule has 1 aromatic carbocycles. The molecule has 31 heavy (non-hydrogen) atoms. The predicted octanol–water partition coefficient (Wildman–Crippen LogP) is 4.29. The number of nitrogens with one attached hydrogen (secondary N) is 2. The molecule has 2 heterocycles. The van der Waals surface area contributed by atoms with Crippen LogP contribution in [0.25, 0.3) is 0 Å². The highest BCUT2D eigenvalue weighted by Gasteiger charge is 2.17. The summed E-state index contributed by atoms with van der Waals surface area (Å²) in [5, 5.41) is 15.8. The fourth-order valence-corrected chi connectivity index (χ4v) is 3.28. The number of hydrogen-bond donors (Lipinski definition) is 2. The van der Waals surface area contributed by atoms with Crippen LogP contribution in [0, 0.1) is 10.1 Å². The van der Waals surface area contributed by atoms with Crippen LogP contribution < -0.4 is 20.3 Å². The Morgan fingerprint density at radius 1 is 1.19 bits per heavy atom. The Bertz CT molecular complexity index is 903. The quantitative estimate of drug-likeness (QED) is 0.496. The van der Waals surface area contributed by atoms with Crippen LogP contribution in [0.5, 0.6) is 5.75 Å². The zero-order valence-electron chi connectivity index (χ0n) is 16.7. The van der Waals surface area contributed by atoms with E-state index in [1.165, 1.54) is 12.8 Å². The number of pyridine rings is 1. The second kappa shape index (κ2) is 10.5. The Morgan fingerprint density at radius 3 is 2.55 bits per heavy atom. The number of aromatic nitrogens is 1. The molecule has 0 saturated carbocycles. The number of rotatable bonds is 7. The van der Waals surface area contributed by atoms with E-state index in [1.807, 2.05) is 12.1 Å². The van der Waals surface area contributed by atoms with Crippen LogP contribution in [0.1, 0.15) is 31.2 Å². The molecule has 11 heteroatoms. The number of nitro benzene ring substituents is 1. The average Bonchev–Trinajstić information content (AvgIpc) is 3.03. The Morgan fingerprint density at radius 2 is 1.94 bits per heavy atom. The summed E-state index contributed by atoms with van der Waals surface area (Å²) in [5.41, 5.74) is 0.142. The number of hydrogen-bond acceptors (Lipinski definition) is 6. The molecule has 0 spiro atoms. The number of halogens is 2. The molecule has 1 aromatic heterocycles. The van der Waals surface area contributed by atoms with Gasteiger partial charge in [0, 0.05) is 38.0 Å². The molecule has 1 saturated heterocycles. The van der Waals surface area contributed by atoms with Crippen LogP contribution in [0.3, 0.4) is 0 Å². The van der Waals surface area contributed by atoms with E-state index in [-0.39, 0.29) is 23.7 Å². The van der Waals surface area contributed by atoms with Crippen LogP contribution in [0.15, 0.2) is 36.5 Å².